The van der Waals surface area contributed by atoms with Gasteiger partial charge in [-0.2, -0.15) is 0 Å². The van der Waals surface area contributed by atoms with Crippen LogP contribution in [-0.2, 0) is 4.79 Å². The standard InChI is InChI=1S/C11H21NO2/c1-10(2,8-13)12-9(14)11(3)6-4-5-7-11/h13H,4-8H2,1-3H3,(H,12,14). The van der Waals surface area contributed by atoms with E-state index in [1.54, 1.807) is 0 Å². The van der Waals surface area contributed by atoms with Gasteiger partial charge in [-0.15, -0.1) is 0 Å². The number of carbonyl (C=O) groups excluding carboxylic acids is 1. The van der Waals surface area contributed by atoms with Crippen LogP contribution in [0.25, 0.3) is 0 Å². The summed E-state index contributed by atoms with van der Waals surface area (Å²) >= 11 is 0. The van der Waals surface area contributed by atoms with Crippen LogP contribution in [0.2, 0.25) is 0 Å². The lowest BCUT2D eigenvalue weighted by Gasteiger charge is -2.30. The van der Waals surface area contributed by atoms with Gasteiger partial charge in [0.05, 0.1) is 12.1 Å². The highest BCUT2D eigenvalue weighted by atomic mass is 16.3. The minimum absolute atomic E-state index is 0.0190. The molecule has 0 aromatic heterocycles. The summed E-state index contributed by atoms with van der Waals surface area (Å²) in [5.74, 6) is 0.0917. The van der Waals surface area contributed by atoms with Crippen molar-refractivity contribution in [2.75, 3.05) is 6.61 Å². The molecule has 1 amide bonds. The first-order chi connectivity index (χ1) is 6.40. The predicted octanol–water partition coefficient (Wildman–Crippen LogP) is 1.45. The monoisotopic (exact) mass is 199 g/mol. The van der Waals surface area contributed by atoms with E-state index in [1.165, 1.54) is 0 Å². The summed E-state index contributed by atoms with van der Waals surface area (Å²) < 4.78 is 0. The highest BCUT2D eigenvalue weighted by Gasteiger charge is 2.38. The van der Waals surface area contributed by atoms with Crippen LogP contribution in [0.1, 0.15) is 46.5 Å². The Morgan fingerprint density at radius 3 is 2.36 bits per heavy atom. The lowest BCUT2D eigenvalue weighted by molar-refractivity contribution is -0.132. The number of hydrogen-bond acceptors (Lipinski definition) is 2. The number of rotatable bonds is 3. The van der Waals surface area contributed by atoms with Crippen molar-refractivity contribution in [3.8, 4) is 0 Å². The molecule has 0 unspecified atom stereocenters. The Bertz CT molecular complexity index is 217. The SMILES string of the molecule is CC(C)(CO)NC(=O)C1(C)CCCC1. The molecule has 1 rings (SSSR count). The smallest absolute Gasteiger partial charge is 0.226 e. The summed E-state index contributed by atoms with van der Waals surface area (Å²) in [6, 6.07) is 0. The second kappa shape index (κ2) is 3.89. The van der Waals surface area contributed by atoms with Crippen molar-refractivity contribution < 1.29 is 9.90 Å². The molecule has 0 aromatic carbocycles. The van der Waals surface area contributed by atoms with Gasteiger partial charge < -0.3 is 10.4 Å². The molecule has 0 heterocycles. The number of nitrogens with one attached hydrogen (secondary N) is 1. The summed E-state index contributed by atoms with van der Waals surface area (Å²) in [6.07, 6.45) is 4.23. The van der Waals surface area contributed by atoms with Gasteiger partial charge in [0.25, 0.3) is 0 Å². The Morgan fingerprint density at radius 1 is 1.43 bits per heavy atom. The van der Waals surface area contributed by atoms with Crippen LogP contribution >= 0.6 is 0 Å². The van der Waals surface area contributed by atoms with Crippen LogP contribution in [-0.4, -0.2) is 23.2 Å². The fourth-order valence-electron chi connectivity index (χ4n) is 1.88. The topological polar surface area (TPSA) is 49.3 Å². The van der Waals surface area contributed by atoms with E-state index in [-0.39, 0.29) is 17.9 Å². The third kappa shape index (κ3) is 2.47. The zero-order valence-electron chi connectivity index (χ0n) is 9.39. The van der Waals surface area contributed by atoms with E-state index in [4.69, 9.17) is 5.11 Å². The highest BCUT2D eigenvalue weighted by molar-refractivity contribution is 5.83. The fourth-order valence-corrected chi connectivity index (χ4v) is 1.88. The molecule has 0 aliphatic heterocycles. The first-order valence-corrected chi connectivity index (χ1v) is 5.33. The van der Waals surface area contributed by atoms with Crippen LogP contribution in [0.5, 0.6) is 0 Å². The normalized spacial score (nSPS) is 20.9. The molecule has 1 fully saturated rings. The Kier molecular flexibility index (Phi) is 3.20. The van der Waals surface area contributed by atoms with E-state index in [1.807, 2.05) is 20.8 Å². The largest absolute Gasteiger partial charge is 0.394 e. The zero-order valence-corrected chi connectivity index (χ0v) is 9.39. The third-order valence-corrected chi connectivity index (χ3v) is 3.10. The van der Waals surface area contributed by atoms with Crippen molar-refractivity contribution in [3.05, 3.63) is 0 Å². The molecule has 0 aromatic rings. The van der Waals surface area contributed by atoms with E-state index in [2.05, 4.69) is 5.32 Å². The predicted molar refractivity (Wildman–Crippen MR) is 55.9 cm³/mol. The van der Waals surface area contributed by atoms with Gasteiger partial charge in [0.15, 0.2) is 0 Å². The van der Waals surface area contributed by atoms with Gasteiger partial charge >= 0.3 is 0 Å². The summed E-state index contributed by atoms with van der Waals surface area (Å²) in [6.45, 7) is 5.67. The fraction of sp³-hybridized carbons (Fsp3) is 0.909. The first kappa shape index (κ1) is 11.5. The van der Waals surface area contributed by atoms with Crippen LogP contribution in [0.4, 0.5) is 0 Å². The molecule has 1 saturated carbocycles. The number of amides is 1. The van der Waals surface area contributed by atoms with Crippen LogP contribution in [0, 0.1) is 5.41 Å². The van der Waals surface area contributed by atoms with Gasteiger partial charge in [0.1, 0.15) is 0 Å². The van der Waals surface area contributed by atoms with Crippen LogP contribution < -0.4 is 5.32 Å². The third-order valence-electron chi connectivity index (χ3n) is 3.10. The summed E-state index contributed by atoms with van der Waals surface area (Å²) in [5, 5.41) is 12.0. The van der Waals surface area contributed by atoms with Crippen LogP contribution in [0.3, 0.4) is 0 Å². The Hall–Kier alpha value is -0.570. The Balaban J connectivity index is 2.57. The van der Waals surface area contributed by atoms with E-state index < -0.39 is 5.54 Å². The molecule has 82 valence electrons. The summed E-state index contributed by atoms with van der Waals surface area (Å²) in [5.41, 5.74) is -0.699. The molecule has 0 bridgehead atoms. The molecular weight excluding hydrogens is 178 g/mol. The van der Waals surface area contributed by atoms with Crippen molar-refractivity contribution in [2.24, 2.45) is 5.41 Å². The lowest BCUT2D eigenvalue weighted by Crippen LogP contribution is -2.51. The summed E-state index contributed by atoms with van der Waals surface area (Å²) in [7, 11) is 0. The van der Waals surface area contributed by atoms with Gasteiger partial charge in [-0.3, -0.25) is 4.79 Å². The maximum atomic E-state index is 11.9. The van der Waals surface area contributed by atoms with Crippen LogP contribution in [0.15, 0.2) is 0 Å². The number of carbonyl (C=O) groups is 1. The molecule has 1 aliphatic rings. The molecule has 2 N–H and O–H groups in total. The van der Waals surface area contributed by atoms with E-state index in [0.29, 0.717) is 0 Å². The highest BCUT2D eigenvalue weighted by Crippen LogP contribution is 2.37. The minimum Gasteiger partial charge on any atom is -0.394 e. The minimum atomic E-state index is -0.497. The molecule has 0 spiro atoms. The maximum Gasteiger partial charge on any atom is 0.226 e. The summed E-state index contributed by atoms with van der Waals surface area (Å²) in [4.78, 5) is 11.9. The molecule has 0 radical (unpaired) electrons. The van der Waals surface area contributed by atoms with Crippen molar-refractivity contribution in [1.82, 2.24) is 5.32 Å². The zero-order chi connectivity index (χ0) is 10.8. The second-order valence-electron chi connectivity index (χ2n) is 5.26. The average Bonchev–Trinajstić information content (AvgIpc) is 2.53. The Labute approximate surface area is 85.9 Å². The molecule has 3 heteroatoms. The van der Waals surface area contributed by atoms with E-state index in [0.717, 1.165) is 25.7 Å². The van der Waals surface area contributed by atoms with Crippen molar-refractivity contribution in [2.45, 2.75) is 52.0 Å². The van der Waals surface area contributed by atoms with E-state index >= 15 is 0 Å². The van der Waals surface area contributed by atoms with Crippen molar-refractivity contribution in [1.29, 1.82) is 0 Å². The molecule has 0 saturated heterocycles. The van der Waals surface area contributed by atoms with Gasteiger partial charge in [-0.25, -0.2) is 0 Å². The van der Waals surface area contributed by atoms with Gasteiger partial charge in [-0.05, 0) is 26.7 Å². The number of aliphatic hydroxyl groups is 1. The van der Waals surface area contributed by atoms with E-state index in [9.17, 15) is 4.79 Å². The maximum absolute atomic E-state index is 11.9. The molecular formula is C11H21NO2. The van der Waals surface area contributed by atoms with Gasteiger partial charge in [-0.1, -0.05) is 19.8 Å². The number of aliphatic hydroxyl groups excluding tert-OH is 1. The molecule has 0 atom stereocenters. The second-order valence-corrected chi connectivity index (χ2v) is 5.26. The van der Waals surface area contributed by atoms with Crippen molar-refractivity contribution >= 4 is 5.91 Å². The van der Waals surface area contributed by atoms with Gasteiger partial charge in [0.2, 0.25) is 5.91 Å². The number of hydrogen-bond donors (Lipinski definition) is 2. The first-order valence-electron chi connectivity index (χ1n) is 5.33. The van der Waals surface area contributed by atoms with Gasteiger partial charge in [0, 0.05) is 5.41 Å². The Morgan fingerprint density at radius 2 is 1.93 bits per heavy atom. The lowest BCUT2D eigenvalue weighted by atomic mass is 9.87. The average molecular weight is 199 g/mol. The quantitative estimate of drug-likeness (QED) is 0.723. The molecule has 3 nitrogen and oxygen atoms in total. The van der Waals surface area contributed by atoms with Crippen molar-refractivity contribution in [3.63, 3.8) is 0 Å². The molecule has 14 heavy (non-hydrogen) atoms. The molecule has 1 aliphatic carbocycles.